The van der Waals surface area contributed by atoms with Gasteiger partial charge in [0.2, 0.25) is 0 Å². The van der Waals surface area contributed by atoms with Crippen molar-refractivity contribution in [3.8, 4) is 0 Å². The standard InChI is InChI=1S/C12H25N/c1-5-13(10-12(2,3)4)9-11-7-6-8-11/h11H,5-10H2,1-4H3. The van der Waals surface area contributed by atoms with E-state index in [-0.39, 0.29) is 0 Å². The van der Waals surface area contributed by atoms with Gasteiger partial charge in [-0.2, -0.15) is 0 Å². The molecule has 1 fully saturated rings. The Kier molecular flexibility index (Phi) is 3.78. The molecule has 0 radical (unpaired) electrons. The van der Waals surface area contributed by atoms with E-state index in [9.17, 15) is 0 Å². The topological polar surface area (TPSA) is 3.24 Å². The second kappa shape index (κ2) is 4.45. The summed E-state index contributed by atoms with van der Waals surface area (Å²) in [6, 6.07) is 0. The van der Waals surface area contributed by atoms with Crippen LogP contribution >= 0.6 is 0 Å². The first kappa shape index (κ1) is 11.0. The van der Waals surface area contributed by atoms with Gasteiger partial charge in [0.1, 0.15) is 0 Å². The molecule has 0 aliphatic heterocycles. The van der Waals surface area contributed by atoms with Gasteiger partial charge in [0, 0.05) is 13.1 Å². The predicted molar refractivity (Wildman–Crippen MR) is 58.9 cm³/mol. The van der Waals surface area contributed by atoms with Crippen LogP contribution in [0.25, 0.3) is 0 Å². The molecule has 0 N–H and O–H groups in total. The van der Waals surface area contributed by atoms with E-state index in [0.717, 1.165) is 5.92 Å². The average molecular weight is 183 g/mol. The van der Waals surface area contributed by atoms with Gasteiger partial charge in [-0.25, -0.2) is 0 Å². The van der Waals surface area contributed by atoms with Crippen LogP contribution in [0.5, 0.6) is 0 Å². The third-order valence-electron chi connectivity index (χ3n) is 2.89. The normalized spacial score (nSPS) is 19.2. The van der Waals surface area contributed by atoms with Crippen LogP contribution in [0.2, 0.25) is 0 Å². The molecule has 0 bridgehead atoms. The van der Waals surface area contributed by atoms with E-state index >= 15 is 0 Å². The Morgan fingerprint density at radius 1 is 1.23 bits per heavy atom. The van der Waals surface area contributed by atoms with Gasteiger partial charge < -0.3 is 4.90 Å². The minimum absolute atomic E-state index is 0.458. The van der Waals surface area contributed by atoms with E-state index in [4.69, 9.17) is 0 Å². The SMILES string of the molecule is CCN(CC1CCC1)CC(C)(C)C. The molecule has 0 aromatic rings. The highest BCUT2D eigenvalue weighted by Gasteiger charge is 2.22. The van der Waals surface area contributed by atoms with Gasteiger partial charge in [-0.3, -0.25) is 0 Å². The number of rotatable bonds is 4. The summed E-state index contributed by atoms with van der Waals surface area (Å²) in [7, 11) is 0. The van der Waals surface area contributed by atoms with Crippen LogP contribution in [0.15, 0.2) is 0 Å². The molecule has 1 aliphatic carbocycles. The Bertz CT molecular complexity index is 142. The van der Waals surface area contributed by atoms with Crippen molar-refractivity contribution in [2.45, 2.75) is 47.0 Å². The minimum Gasteiger partial charge on any atom is -0.303 e. The molecule has 0 heterocycles. The predicted octanol–water partition coefficient (Wildman–Crippen LogP) is 3.15. The molecule has 0 aromatic carbocycles. The van der Waals surface area contributed by atoms with Crippen molar-refractivity contribution in [2.24, 2.45) is 11.3 Å². The summed E-state index contributed by atoms with van der Waals surface area (Å²) in [5.41, 5.74) is 0.458. The Hall–Kier alpha value is -0.0400. The van der Waals surface area contributed by atoms with Gasteiger partial charge >= 0.3 is 0 Å². The van der Waals surface area contributed by atoms with Crippen molar-refractivity contribution < 1.29 is 0 Å². The first-order chi connectivity index (χ1) is 6.01. The fourth-order valence-corrected chi connectivity index (χ4v) is 2.02. The lowest BCUT2D eigenvalue weighted by atomic mass is 9.84. The molecular formula is C12H25N. The van der Waals surface area contributed by atoms with E-state index in [1.807, 2.05) is 0 Å². The zero-order valence-corrected chi connectivity index (χ0v) is 9.77. The first-order valence-corrected chi connectivity index (χ1v) is 5.73. The zero-order valence-electron chi connectivity index (χ0n) is 9.77. The van der Waals surface area contributed by atoms with Gasteiger partial charge in [0.05, 0.1) is 0 Å². The fraction of sp³-hybridized carbons (Fsp3) is 1.00. The second-order valence-corrected chi connectivity index (χ2v) is 5.69. The summed E-state index contributed by atoms with van der Waals surface area (Å²) in [4.78, 5) is 2.61. The maximum atomic E-state index is 2.61. The second-order valence-electron chi connectivity index (χ2n) is 5.69. The third-order valence-corrected chi connectivity index (χ3v) is 2.89. The number of hydrogen-bond donors (Lipinski definition) is 0. The molecule has 0 aromatic heterocycles. The number of nitrogens with zero attached hydrogens (tertiary/aromatic N) is 1. The van der Waals surface area contributed by atoms with E-state index in [0.29, 0.717) is 5.41 Å². The van der Waals surface area contributed by atoms with Gasteiger partial charge in [0.15, 0.2) is 0 Å². The molecule has 0 atom stereocenters. The van der Waals surface area contributed by atoms with E-state index in [1.165, 1.54) is 38.9 Å². The van der Waals surface area contributed by atoms with Crippen LogP contribution in [0.1, 0.15) is 47.0 Å². The van der Waals surface area contributed by atoms with Crippen molar-refractivity contribution >= 4 is 0 Å². The largest absolute Gasteiger partial charge is 0.303 e. The molecule has 0 saturated heterocycles. The summed E-state index contributed by atoms with van der Waals surface area (Å²) >= 11 is 0. The summed E-state index contributed by atoms with van der Waals surface area (Å²) < 4.78 is 0. The lowest BCUT2D eigenvalue weighted by Gasteiger charge is -2.35. The highest BCUT2D eigenvalue weighted by molar-refractivity contribution is 4.76. The van der Waals surface area contributed by atoms with E-state index in [1.54, 1.807) is 0 Å². The quantitative estimate of drug-likeness (QED) is 0.647. The monoisotopic (exact) mass is 183 g/mol. The van der Waals surface area contributed by atoms with E-state index in [2.05, 4.69) is 32.6 Å². The molecule has 1 rings (SSSR count). The maximum Gasteiger partial charge on any atom is 0.00300 e. The van der Waals surface area contributed by atoms with Crippen molar-refractivity contribution in [3.63, 3.8) is 0 Å². The summed E-state index contributed by atoms with van der Waals surface area (Å²) in [6.07, 6.45) is 4.42. The van der Waals surface area contributed by atoms with Crippen LogP contribution in [0.3, 0.4) is 0 Å². The Morgan fingerprint density at radius 2 is 1.85 bits per heavy atom. The van der Waals surface area contributed by atoms with Crippen LogP contribution in [0.4, 0.5) is 0 Å². The Balaban J connectivity index is 2.25. The highest BCUT2D eigenvalue weighted by atomic mass is 15.1. The van der Waals surface area contributed by atoms with Crippen molar-refractivity contribution in [1.29, 1.82) is 0 Å². The lowest BCUT2D eigenvalue weighted by Crippen LogP contribution is -2.37. The lowest BCUT2D eigenvalue weighted by molar-refractivity contribution is 0.142. The van der Waals surface area contributed by atoms with Gasteiger partial charge in [-0.05, 0) is 30.7 Å². The number of hydrogen-bond acceptors (Lipinski definition) is 1. The summed E-state index contributed by atoms with van der Waals surface area (Å²) in [6.45, 7) is 13.1. The van der Waals surface area contributed by atoms with Crippen LogP contribution < -0.4 is 0 Å². The zero-order chi connectivity index (χ0) is 9.90. The van der Waals surface area contributed by atoms with Crippen LogP contribution in [-0.4, -0.2) is 24.5 Å². The van der Waals surface area contributed by atoms with Crippen molar-refractivity contribution in [1.82, 2.24) is 4.90 Å². The molecule has 1 aliphatic rings. The fourth-order valence-electron chi connectivity index (χ4n) is 2.02. The van der Waals surface area contributed by atoms with Crippen LogP contribution in [0, 0.1) is 11.3 Å². The smallest absolute Gasteiger partial charge is 0.00300 e. The van der Waals surface area contributed by atoms with E-state index < -0.39 is 0 Å². The maximum absolute atomic E-state index is 2.61. The molecule has 1 nitrogen and oxygen atoms in total. The summed E-state index contributed by atoms with van der Waals surface area (Å²) in [5, 5.41) is 0. The van der Waals surface area contributed by atoms with Crippen molar-refractivity contribution in [3.05, 3.63) is 0 Å². The molecule has 0 spiro atoms. The first-order valence-electron chi connectivity index (χ1n) is 5.73. The molecule has 0 amide bonds. The van der Waals surface area contributed by atoms with Crippen LogP contribution in [-0.2, 0) is 0 Å². The molecule has 1 saturated carbocycles. The average Bonchev–Trinajstić information content (AvgIpc) is 1.91. The summed E-state index contributed by atoms with van der Waals surface area (Å²) in [5.74, 6) is 1.02. The third kappa shape index (κ3) is 4.12. The Labute approximate surface area is 83.5 Å². The van der Waals surface area contributed by atoms with Gasteiger partial charge in [-0.15, -0.1) is 0 Å². The molecular weight excluding hydrogens is 158 g/mol. The molecule has 1 heteroatoms. The van der Waals surface area contributed by atoms with Gasteiger partial charge in [-0.1, -0.05) is 34.1 Å². The van der Waals surface area contributed by atoms with Gasteiger partial charge in [0.25, 0.3) is 0 Å². The Morgan fingerprint density at radius 3 is 2.15 bits per heavy atom. The molecule has 0 unspecified atom stereocenters. The molecule has 13 heavy (non-hydrogen) atoms. The molecule has 78 valence electrons. The minimum atomic E-state index is 0.458. The highest BCUT2D eigenvalue weighted by Crippen LogP contribution is 2.28. The van der Waals surface area contributed by atoms with Crippen molar-refractivity contribution in [2.75, 3.05) is 19.6 Å².